The van der Waals surface area contributed by atoms with E-state index in [1.807, 2.05) is 30.9 Å². The van der Waals surface area contributed by atoms with Gasteiger partial charge in [-0.3, -0.25) is 20.3 Å². The van der Waals surface area contributed by atoms with Crippen LogP contribution in [0.2, 0.25) is 0 Å². The van der Waals surface area contributed by atoms with Crippen molar-refractivity contribution < 1.29 is 9.59 Å². The van der Waals surface area contributed by atoms with Gasteiger partial charge in [0.2, 0.25) is 0 Å². The van der Waals surface area contributed by atoms with Gasteiger partial charge < -0.3 is 15.6 Å². The van der Waals surface area contributed by atoms with Gasteiger partial charge in [-0.2, -0.15) is 0 Å². The van der Waals surface area contributed by atoms with Crippen molar-refractivity contribution in [3.63, 3.8) is 0 Å². The van der Waals surface area contributed by atoms with Crippen LogP contribution in [0.3, 0.4) is 0 Å². The first-order valence-electron chi connectivity index (χ1n) is 8.92. The summed E-state index contributed by atoms with van der Waals surface area (Å²) in [7, 11) is 0. The molecule has 0 saturated carbocycles. The van der Waals surface area contributed by atoms with Gasteiger partial charge in [-0.05, 0) is 55.4 Å². The van der Waals surface area contributed by atoms with Gasteiger partial charge in [0, 0.05) is 31.0 Å². The van der Waals surface area contributed by atoms with E-state index in [-0.39, 0.29) is 17.8 Å². The molecule has 5 N–H and O–H groups in total. The Morgan fingerprint density at radius 2 is 1.96 bits per heavy atom. The zero-order valence-electron chi connectivity index (χ0n) is 15.5. The van der Waals surface area contributed by atoms with E-state index >= 15 is 0 Å². The Morgan fingerprint density at radius 3 is 2.56 bits per heavy atom. The standard InChI is InChI=1S/C19H24N6O2/c1-11-10-15(17(26)24-19(20)21)12(2)9-14(11)13-3-7-25(8-4-13)18(27)16-22-5-6-23-16/h5-6,9-10,13H,3-4,7-8H2,1-2H3,(H,22,23)(H4,20,21,24,26). The number of aryl methyl sites for hydroxylation is 2. The number of carbonyl (C=O) groups is 2. The van der Waals surface area contributed by atoms with Gasteiger partial charge in [-0.1, -0.05) is 6.07 Å². The minimum atomic E-state index is -0.367. The van der Waals surface area contributed by atoms with E-state index in [0.29, 0.717) is 30.4 Å². The van der Waals surface area contributed by atoms with Crippen LogP contribution >= 0.6 is 0 Å². The number of hydrogen-bond donors (Lipinski definition) is 4. The Kier molecular flexibility index (Phi) is 5.25. The number of imidazole rings is 1. The third-order valence-corrected chi connectivity index (χ3v) is 5.03. The smallest absolute Gasteiger partial charge is 0.289 e. The normalized spacial score (nSPS) is 14.8. The first-order valence-corrected chi connectivity index (χ1v) is 8.92. The van der Waals surface area contributed by atoms with Crippen molar-refractivity contribution in [3.05, 3.63) is 52.6 Å². The monoisotopic (exact) mass is 368 g/mol. The maximum atomic E-state index is 12.4. The molecule has 0 atom stereocenters. The van der Waals surface area contributed by atoms with Crippen molar-refractivity contribution in [1.29, 1.82) is 5.41 Å². The molecule has 2 amide bonds. The SMILES string of the molecule is Cc1cc(C2CCN(C(=O)c3ncc[nH]3)CC2)c(C)cc1C(=O)NC(=N)N. The summed E-state index contributed by atoms with van der Waals surface area (Å²) >= 11 is 0. The molecule has 2 heterocycles. The number of hydrogen-bond acceptors (Lipinski definition) is 4. The maximum Gasteiger partial charge on any atom is 0.289 e. The molecule has 1 fully saturated rings. The molecule has 3 rings (SSSR count). The molecule has 0 spiro atoms. The second-order valence-electron chi connectivity index (χ2n) is 6.90. The van der Waals surface area contributed by atoms with Gasteiger partial charge >= 0.3 is 0 Å². The molecule has 0 aliphatic carbocycles. The van der Waals surface area contributed by atoms with Crippen molar-refractivity contribution in [2.24, 2.45) is 5.73 Å². The molecule has 1 aromatic carbocycles. The summed E-state index contributed by atoms with van der Waals surface area (Å²) in [6, 6.07) is 3.89. The van der Waals surface area contributed by atoms with Crippen molar-refractivity contribution in [1.82, 2.24) is 20.2 Å². The molecule has 1 aromatic heterocycles. The van der Waals surface area contributed by atoms with E-state index in [1.54, 1.807) is 12.4 Å². The average molecular weight is 368 g/mol. The average Bonchev–Trinajstić information content (AvgIpc) is 3.17. The van der Waals surface area contributed by atoms with E-state index in [2.05, 4.69) is 15.3 Å². The lowest BCUT2D eigenvalue weighted by Crippen LogP contribution is -2.38. The van der Waals surface area contributed by atoms with Gasteiger partial charge in [0.15, 0.2) is 11.8 Å². The molecule has 0 bridgehead atoms. The number of nitrogens with zero attached hydrogens (tertiary/aromatic N) is 2. The van der Waals surface area contributed by atoms with Crippen LogP contribution in [0.1, 0.15) is 56.4 Å². The highest BCUT2D eigenvalue weighted by Gasteiger charge is 2.27. The van der Waals surface area contributed by atoms with Crippen LogP contribution in [-0.2, 0) is 0 Å². The molecule has 0 radical (unpaired) electrons. The van der Waals surface area contributed by atoms with Gasteiger partial charge in [-0.15, -0.1) is 0 Å². The third-order valence-electron chi connectivity index (χ3n) is 5.03. The van der Waals surface area contributed by atoms with Crippen LogP contribution < -0.4 is 11.1 Å². The first-order chi connectivity index (χ1) is 12.9. The van der Waals surface area contributed by atoms with Gasteiger partial charge in [-0.25, -0.2) is 4.98 Å². The fourth-order valence-electron chi connectivity index (χ4n) is 3.64. The Morgan fingerprint density at radius 1 is 1.26 bits per heavy atom. The van der Waals surface area contributed by atoms with Crippen LogP contribution in [-0.4, -0.2) is 45.7 Å². The number of amides is 2. The van der Waals surface area contributed by atoms with Crippen molar-refractivity contribution in [2.75, 3.05) is 13.1 Å². The number of nitrogens with one attached hydrogen (secondary N) is 3. The molecule has 142 valence electrons. The molecule has 27 heavy (non-hydrogen) atoms. The molecular weight excluding hydrogens is 344 g/mol. The predicted molar refractivity (Wildman–Crippen MR) is 102 cm³/mol. The summed E-state index contributed by atoms with van der Waals surface area (Å²) in [4.78, 5) is 33.3. The highest BCUT2D eigenvalue weighted by atomic mass is 16.2. The first kappa shape index (κ1) is 18.6. The third kappa shape index (κ3) is 3.99. The Hall–Kier alpha value is -3.16. The van der Waals surface area contributed by atoms with Crippen LogP contribution in [0.5, 0.6) is 0 Å². The van der Waals surface area contributed by atoms with Crippen molar-refractivity contribution in [3.8, 4) is 0 Å². The number of aromatic amines is 1. The molecular formula is C19H24N6O2. The fraction of sp³-hybridized carbons (Fsp3) is 0.368. The van der Waals surface area contributed by atoms with E-state index in [9.17, 15) is 9.59 Å². The lowest BCUT2D eigenvalue weighted by Gasteiger charge is -2.32. The van der Waals surface area contributed by atoms with E-state index in [4.69, 9.17) is 11.1 Å². The highest BCUT2D eigenvalue weighted by Crippen LogP contribution is 2.32. The zero-order chi connectivity index (χ0) is 19.6. The highest BCUT2D eigenvalue weighted by molar-refractivity contribution is 6.05. The van der Waals surface area contributed by atoms with E-state index in [1.165, 1.54) is 5.56 Å². The number of nitrogens with two attached hydrogens (primary N) is 1. The van der Waals surface area contributed by atoms with Crippen LogP contribution in [0.25, 0.3) is 0 Å². The van der Waals surface area contributed by atoms with Crippen LogP contribution in [0.15, 0.2) is 24.5 Å². The van der Waals surface area contributed by atoms with Crippen molar-refractivity contribution in [2.45, 2.75) is 32.6 Å². The quantitative estimate of drug-likeness (QED) is 0.485. The molecule has 1 aliphatic heterocycles. The second kappa shape index (κ2) is 7.61. The Bertz CT molecular complexity index is 867. The number of guanidine groups is 1. The second-order valence-corrected chi connectivity index (χ2v) is 6.90. The number of benzene rings is 1. The summed E-state index contributed by atoms with van der Waals surface area (Å²) < 4.78 is 0. The largest absolute Gasteiger partial charge is 0.370 e. The van der Waals surface area contributed by atoms with Crippen molar-refractivity contribution >= 4 is 17.8 Å². The predicted octanol–water partition coefficient (Wildman–Crippen LogP) is 1.67. The van der Waals surface area contributed by atoms with Gasteiger partial charge in [0.1, 0.15) is 0 Å². The minimum Gasteiger partial charge on any atom is -0.370 e. The maximum absolute atomic E-state index is 12.4. The number of carbonyl (C=O) groups excluding carboxylic acids is 2. The molecule has 0 unspecified atom stereocenters. The van der Waals surface area contributed by atoms with Gasteiger partial charge in [0.25, 0.3) is 11.8 Å². The lowest BCUT2D eigenvalue weighted by atomic mass is 9.84. The summed E-state index contributed by atoms with van der Waals surface area (Å²) in [5, 5.41) is 9.54. The topological polar surface area (TPSA) is 128 Å². The van der Waals surface area contributed by atoms with E-state index in [0.717, 1.165) is 24.0 Å². The fourth-order valence-corrected chi connectivity index (χ4v) is 3.64. The molecule has 1 saturated heterocycles. The Balaban J connectivity index is 1.71. The number of H-pyrrole nitrogens is 1. The summed E-state index contributed by atoms with van der Waals surface area (Å²) in [5.41, 5.74) is 8.86. The molecule has 8 nitrogen and oxygen atoms in total. The van der Waals surface area contributed by atoms with E-state index < -0.39 is 0 Å². The minimum absolute atomic E-state index is 0.0670. The Labute approximate surface area is 157 Å². The number of rotatable bonds is 3. The zero-order valence-corrected chi connectivity index (χ0v) is 15.5. The van der Waals surface area contributed by atoms with Crippen LogP contribution in [0.4, 0.5) is 0 Å². The summed E-state index contributed by atoms with van der Waals surface area (Å²) in [5.74, 6) is -0.0820. The van der Waals surface area contributed by atoms with Gasteiger partial charge in [0.05, 0.1) is 0 Å². The van der Waals surface area contributed by atoms with Crippen LogP contribution in [0, 0.1) is 19.3 Å². The number of aromatic nitrogens is 2. The molecule has 2 aromatic rings. The lowest BCUT2D eigenvalue weighted by molar-refractivity contribution is 0.0701. The number of likely N-dealkylation sites (tertiary alicyclic amines) is 1. The molecule has 8 heteroatoms. The summed E-state index contributed by atoms with van der Waals surface area (Å²) in [6.07, 6.45) is 4.96. The summed E-state index contributed by atoms with van der Waals surface area (Å²) in [6.45, 7) is 5.22. The number of piperidine rings is 1. The molecule has 1 aliphatic rings.